The number of rotatable bonds is 7. The van der Waals surface area contributed by atoms with Crippen LogP contribution in [0.3, 0.4) is 0 Å². The summed E-state index contributed by atoms with van der Waals surface area (Å²) in [5.41, 5.74) is 4.27. The molecule has 0 spiro atoms. The van der Waals surface area contributed by atoms with Gasteiger partial charge in [0.15, 0.2) is 5.96 Å². The second-order valence-electron chi connectivity index (χ2n) is 7.97. The molecular formula is C25H35IN4O2. The minimum Gasteiger partial charge on any atom is -0.373 e. The molecule has 1 aliphatic heterocycles. The van der Waals surface area contributed by atoms with Gasteiger partial charge in [-0.15, -0.1) is 24.0 Å². The van der Waals surface area contributed by atoms with Crippen LogP contribution in [0.4, 0.5) is 0 Å². The van der Waals surface area contributed by atoms with Gasteiger partial charge in [0, 0.05) is 44.8 Å². The molecule has 0 saturated carbocycles. The van der Waals surface area contributed by atoms with E-state index in [1.54, 1.807) is 7.05 Å². The topological polar surface area (TPSA) is 74.8 Å². The molecule has 1 heterocycles. The highest BCUT2D eigenvalue weighted by atomic mass is 127. The molecule has 6 nitrogen and oxygen atoms in total. The van der Waals surface area contributed by atoms with Crippen LogP contribution in [0.2, 0.25) is 0 Å². The number of hydrogen-bond donors (Lipinski definition) is 3. The fourth-order valence-electron chi connectivity index (χ4n) is 3.85. The van der Waals surface area contributed by atoms with Gasteiger partial charge >= 0.3 is 0 Å². The summed E-state index contributed by atoms with van der Waals surface area (Å²) in [6, 6.07) is 16.3. The summed E-state index contributed by atoms with van der Waals surface area (Å²) >= 11 is 0. The molecule has 32 heavy (non-hydrogen) atoms. The van der Waals surface area contributed by atoms with E-state index in [-0.39, 0.29) is 36.0 Å². The van der Waals surface area contributed by atoms with Gasteiger partial charge in [0.05, 0.1) is 6.10 Å². The molecule has 2 atom stereocenters. The fourth-order valence-corrected chi connectivity index (χ4v) is 3.85. The number of benzene rings is 2. The lowest BCUT2D eigenvalue weighted by atomic mass is 9.89. The van der Waals surface area contributed by atoms with Crippen LogP contribution in [-0.2, 0) is 11.3 Å². The summed E-state index contributed by atoms with van der Waals surface area (Å²) in [4.78, 5) is 16.2. The molecule has 2 unspecified atom stereocenters. The Hall–Kier alpha value is -2.13. The molecule has 1 saturated heterocycles. The van der Waals surface area contributed by atoms with Crippen LogP contribution in [0.5, 0.6) is 0 Å². The molecule has 2 aromatic rings. The number of aliphatic imine (C=N–C) groups is 1. The van der Waals surface area contributed by atoms with Crippen molar-refractivity contribution in [3.05, 3.63) is 70.8 Å². The number of hydrogen-bond acceptors (Lipinski definition) is 3. The Morgan fingerprint density at radius 1 is 1.06 bits per heavy atom. The fraction of sp³-hybridized carbons (Fsp3) is 0.440. The smallest absolute Gasteiger partial charge is 0.251 e. The number of nitrogens with one attached hydrogen (secondary N) is 3. The van der Waals surface area contributed by atoms with Crippen molar-refractivity contribution in [2.75, 3.05) is 26.7 Å². The van der Waals surface area contributed by atoms with E-state index in [0.29, 0.717) is 24.6 Å². The second kappa shape index (κ2) is 13.4. The number of amides is 1. The molecule has 0 bridgehead atoms. The van der Waals surface area contributed by atoms with Crippen LogP contribution in [0, 0.1) is 12.8 Å². The summed E-state index contributed by atoms with van der Waals surface area (Å²) in [6.45, 7) is 6.90. The minimum atomic E-state index is -0.0442. The van der Waals surface area contributed by atoms with Crippen molar-refractivity contribution in [1.82, 2.24) is 16.0 Å². The van der Waals surface area contributed by atoms with E-state index >= 15 is 0 Å². The summed E-state index contributed by atoms with van der Waals surface area (Å²) in [6.07, 6.45) is 2.32. The van der Waals surface area contributed by atoms with Crippen LogP contribution < -0.4 is 16.0 Å². The zero-order valence-corrected chi connectivity index (χ0v) is 21.5. The molecule has 174 valence electrons. The molecule has 3 rings (SSSR count). The van der Waals surface area contributed by atoms with Crippen molar-refractivity contribution in [1.29, 1.82) is 0 Å². The van der Waals surface area contributed by atoms with E-state index in [9.17, 15) is 4.79 Å². The highest BCUT2D eigenvalue weighted by Gasteiger charge is 2.27. The molecule has 2 aromatic carbocycles. The Balaban J connectivity index is 0.00000363. The Bertz CT molecular complexity index is 869. The number of carbonyl (C=O) groups excluding carboxylic acids is 1. The number of guanidine groups is 1. The highest BCUT2D eigenvalue weighted by molar-refractivity contribution is 14.0. The molecule has 1 aliphatic rings. The number of carbonyl (C=O) groups is 1. The molecule has 0 aromatic heterocycles. The molecular weight excluding hydrogens is 515 g/mol. The summed E-state index contributed by atoms with van der Waals surface area (Å²) in [5, 5.41) is 9.63. The van der Waals surface area contributed by atoms with Crippen molar-refractivity contribution in [3.63, 3.8) is 0 Å². The van der Waals surface area contributed by atoms with Gasteiger partial charge in [0.25, 0.3) is 5.91 Å². The largest absolute Gasteiger partial charge is 0.373 e. The van der Waals surface area contributed by atoms with Crippen molar-refractivity contribution < 1.29 is 9.53 Å². The van der Waals surface area contributed by atoms with Crippen molar-refractivity contribution in [3.8, 4) is 0 Å². The van der Waals surface area contributed by atoms with Crippen molar-refractivity contribution in [2.24, 2.45) is 10.9 Å². The van der Waals surface area contributed by atoms with E-state index in [4.69, 9.17) is 4.74 Å². The number of halogens is 1. The van der Waals surface area contributed by atoms with E-state index in [1.807, 2.05) is 31.2 Å². The lowest BCUT2D eigenvalue weighted by Crippen LogP contribution is -2.41. The van der Waals surface area contributed by atoms with Crippen LogP contribution in [0.25, 0.3) is 0 Å². The average Bonchev–Trinajstić information content (AvgIpc) is 2.80. The Morgan fingerprint density at radius 2 is 1.78 bits per heavy atom. The van der Waals surface area contributed by atoms with Gasteiger partial charge in [-0.25, -0.2) is 0 Å². The lowest BCUT2D eigenvalue weighted by Gasteiger charge is -2.32. The Kier molecular flexibility index (Phi) is 11.0. The molecule has 3 N–H and O–H groups in total. The first kappa shape index (κ1) is 26.1. The Morgan fingerprint density at radius 3 is 2.44 bits per heavy atom. The van der Waals surface area contributed by atoms with Crippen molar-refractivity contribution >= 4 is 35.8 Å². The van der Waals surface area contributed by atoms with E-state index in [2.05, 4.69) is 52.1 Å². The molecule has 7 heteroatoms. The third-order valence-corrected chi connectivity index (χ3v) is 5.62. The van der Waals surface area contributed by atoms with Gasteiger partial charge in [0.1, 0.15) is 0 Å². The number of aryl methyl sites for hydroxylation is 1. The normalized spacial score (nSPS) is 18.4. The lowest BCUT2D eigenvalue weighted by molar-refractivity contribution is -0.0265. The van der Waals surface area contributed by atoms with Crippen molar-refractivity contribution in [2.45, 2.75) is 39.3 Å². The predicted octanol–water partition coefficient (Wildman–Crippen LogP) is 4.20. The summed E-state index contributed by atoms with van der Waals surface area (Å²) < 4.78 is 6.13. The van der Waals surface area contributed by atoms with Crippen LogP contribution in [0.1, 0.15) is 52.9 Å². The maximum absolute atomic E-state index is 11.9. The number of ether oxygens (including phenoxy) is 1. The maximum atomic E-state index is 11.9. The molecule has 1 fully saturated rings. The first-order chi connectivity index (χ1) is 15.1. The van der Waals surface area contributed by atoms with Gasteiger partial charge in [-0.05, 0) is 49.9 Å². The van der Waals surface area contributed by atoms with Crippen LogP contribution in [0.15, 0.2) is 53.5 Å². The van der Waals surface area contributed by atoms with Crippen LogP contribution >= 0.6 is 24.0 Å². The zero-order valence-electron chi connectivity index (χ0n) is 19.2. The summed E-state index contributed by atoms with van der Waals surface area (Å²) in [7, 11) is 1.78. The average molecular weight is 550 g/mol. The van der Waals surface area contributed by atoms with Gasteiger partial charge in [-0.2, -0.15) is 0 Å². The van der Waals surface area contributed by atoms with Crippen LogP contribution in [-0.4, -0.2) is 38.6 Å². The van der Waals surface area contributed by atoms with Gasteiger partial charge in [0.2, 0.25) is 0 Å². The predicted molar refractivity (Wildman–Crippen MR) is 141 cm³/mol. The summed E-state index contributed by atoms with van der Waals surface area (Å²) in [5.74, 6) is 1.12. The zero-order chi connectivity index (χ0) is 22.1. The molecule has 0 radical (unpaired) electrons. The third-order valence-electron chi connectivity index (χ3n) is 5.62. The SMILES string of the molecule is CCNC(=O)c1ccc(CNC(=NC)NCC2CCCOC2c2ccc(C)cc2)cc1.I. The monoisotopic (exact) mass is 550 g/mol. The first-order valence-corrected chi connectivity index (χ1v) is 11.1. The van der Waals surface area contributed by atoms with Gasteiger partial charge < -0.3 is 20.7 Å². The standard InChI is InChI=1S/C25H34N4O2.HI/c1-4-27-24(30)21-13-9-19(10-14-21)16-28-25(26-3)29-17-22-6-5-15-31-23(22)20-11-7-18(2)8-12-20;/h7-14,22-23H,4-6,15-17H2,1-3H3,(H,27,30)(H2,26,28,29);1H. The first-order valence-electron chi connectivity index (χ1n) is 11.1. The quantitative estimate of drug-likeness (QED) is 0.275. The number of nitrogens with zero attached hydrogens (tertiary/aromatic N) is 1. The third kappa shape index (κ3) is 7.48. The van der Waals surface area contributed by atoms with E-state index in [0.717, 1.165) is 37.5 Å². The Labute approximate surface area is 208 Å². The van der Waals surface area contributed by atoms with Gasteiger partial charge in [-0.3, -0.25) is 9.79 Å². The van der Waals surface area contributed by atoms with E-state index in [1.165, 1.54) is 11.1 Å². The maximum Gasteiger partial charge on any atom is 0.251 e. The second-order valence-corrected chi connectivity index (χ2v) is 7.97. The van der Waals surface area contributed by atoms with E-state index < -0.39 is 0 Å². The molecule has 0 aliphatic carbocycles. The highest BCUT2D eigenvalue weighted by Crippen LogP contribution is 2.33. The van der Waals surface area contributed by atoms with Gasteiger partial charge in [-0.1, -0.05) is 42.0 Å². The molecule has 1 amide bonds. The minimum absolute atomic E-state index is 0.